The lowest BCUT2D eigenvalue weighted by atomic mass is 9.96. The van der Waals surface area contributed by atoms with E-state index >= 15 is 0 Å². The van der Waals surface area contributed by atoms with Gasteiger partial charge in [0.1, 0.15) is 11.6 Å². The van der Waals surface area contributed by atoms with Crippen molar-refractivity contribution in [2.45, 2.75) is 32.8 Å². The van der Waals surface area contributed by atoms with Crippen molar-refractivity contribution in [2.75, 3.05) is 11.9 Å². The lowest BCUT2D eigenvalue weighted by Gasteiger charge is -2.20. The van der Waals surface area contributed by atoms with Crippen molar-refractivity contribution in [3.8, 4) is 0 Å². The molecule has 122 valence electrons. The van der Waals surface area contributed by atoms with Crippen LogP contribution in [0.25, 0.3) is 0 Å². The molecule has 0 bridgehead atoms. The Hall–Kier alpha value is -2.02. The Kier molecular flexibility index (Phi) is 6.91. The number of rotatable bonds is 6. The Labute approximate surface area is 127 Å². The second kappa shape index (κ2) is 8.43. The zero-order valence-corrected chi connectivity index (χ0v) is 12.5. The molecular formula is C15H20F2N2O3. The molecule has 0 saturated carbocycles. The second-order valence-electron chi connectivity index (χ2n) is 4.93. The minimum absolute atomic E-state index is 0.0258. The number of nitrogens with one attached hydrogen (secondary N) is 2. The first-order valence-corrected chi connectivity index (χ1v) is 7.11. The van der Waals surface area contributed by atoms with Gasteiger partial charge in [-0.1, -0.05) is 26.7 Å². The van der Waals surface area contributed by atoms with E-state index in [-0.39, 0.29) is 18.2 Å². The van der Waals surface area contributed by atoms with Crippen molar-refractivity contribution in [1.82, 2.24) is 5.32 Å². The molecule has 5 nitrogen and oxygen atoms in total. The fraction of sp³-hybridized carbons (Fsp3) is 0.467. The molecule has 0 spiro atoms. The van der Waals surface area contributed by atoms with E-state index in [2.05, 4.69) is 5.32 Å². The average Bonchev–Trinajstić information content (AvgIpc) is 2.48. The summed E-state index contributed by atoms with van der Waals surface area (Å²) < 4.78 is 26.1. The first-order valence-electron chi connectivity index (χ1n) is 7.11. The van der Waals surface area contributed by atoms with E-state index in [0.29, 0.717) is 6.07 Å². The maximum atomic E-state index is 13.4. The number of aliphatic hydroxyl groups is 1. The maximum absolute atomic E-state index is 13.4. The van der Waals surface area contributed by atoms with Gasteiger partial charge in [-0.2, -0.15) is 0 Å². The highest BCUT2D eigenvalue weighted by Gasteiger charge is 2.20. The van der Waals surface area contributed by atoms with Crippen molar-refractivity contribution in [3.63, 3.8) is 0 Å². The molecule has 7 heteroatoms. The van der Waals surface area contributed by atoms with Gasteiger partial charge in [0.25, 0.3) is 0 Å². The molecule has 1 aromatic rings. The molecule has 0 heterocycles. The maximum Gasteiger partial charge on any atom is 0.313 e. The van der Waals surface area contributed by atoms with Crippen LogP contribution < -0.4 is 10.6 Å². The molecule has 0 fully saturated rings. The number of hydrogen-bond donors (Lipinski definition) is 3. The van der Waals surface area contributed by atoms with E-state index in [4.69, 9.17) is 0 Å². The number of hydrogen-bond acceptors (Lipinski definition) is 3. The zero-order valence-electron chi connectivity index (χ0n) is 12.5. The number of carbonyl (C=O) groups excluding carboxylic acids is 2. The van der Waals surface area contributed by atoms with Gasteiger partial charge in [0, 0.05) is 12.6 Å². The van der Waals surface area contributed by atoms with Crippen LogP contribution in [0.2, 0.25) is 0 Å². The molecule has 0 saturated heterocycles. The van der Waals surface area contributed by atoms with Crippen LogP contribution in [0.3, 0.4) is 0 Å². The Bertz CT molecular complexity index is 534. The molecule has 1 unspecified atom stereocenters. The molecular weight excluding hydrogens is 294 g/mol. The van der Waals surface area contributed by atoms with Crippen LogP contribution in [-0.4, -0.2) is 29.6 Å². The zero-order chi connectivity index (χ0) is 16.7. The molecule has 0 aromatic heterocycles. The van der Waals surface area contributed by atoms with E-state index in [1.54, 1.807) is 0 Å². The van der Waals surface area contributed by atoms with Crippen molar-refractivity contribution >= 4 is 17.5 Å². The minimum Gasteiger partial charge on any atom is -0.391 e. The highest BCUT2D eigenvalue weighted by atomic mass is 19.1. The molecule has 1 atom stereocenters. The van der Waals surface area contributed by atoms with Crippen LogP contribution in [-0.2, 0) is 9.59 Å². The standard InChI is InChI=1S/C15H20F2N2O3/c1-3-9(4-2)13(20)8-18-14(21)15(22)19-12-6-5-10(16)7-11(12)17/h5-7,9,13,20H,3-4,8H2,1-2H3,(H,18,21)(H,19,22). The quantitative estimate of drug-likeness (QED) is 0.701. The summed E-state index contributed by atoms with van der Waals surface area (Å²) in [6.07, 6.45) is 0.746. The summed E-state index contributed by atoms with van der Waals surface area (Å²) in [4.78, 5) is 23.2. The Morgan fingerprint density at radius 3 is 2.36 bits per heavy atom. The smallest absolute Gasteiger partial charge is 0.313 e. The fourth-order valence-corrected chi connectivity index (χ4v) is 2.05. The van der Waals surface area contributed by atoms with Crippen LogP contribution in [0.4, 0.5) is 14.5 Å². The molecule has 1 rings (SSSR count). The van der Waals surface area contributed by atoms with Gasteiger partial charge in [-0.25, -0.2) is 8.78 Å². The topological polar surface area (TPSA) is 78.4 Å². The molecule has 2 amide bonds. The van der Waals surface area contributed by atoms with Crippen molar-refractivity contribution in [3.05, 3.63) is 29.8 Å². The van der Waals surface area contributed by atoms with Crippen LogP contribution in [0.15, 0.2) is 18.2 Å². The van der Waals surface area contributed by atoms with E-state index in [1.807, 2.05) is 19.2 Å². The molecule has 0 radical (unpaired) electrons. The molecule has 22 heavy (non-hydrogen) atoms. The Morgan fingerprint density at radius 2 is 1.82 bits per heavy atom. The lowest BCUT2D eigenvalue weighted by Crippen LogP contribution is -2.41. The lowest BCUT2D eigenvalue weighted by molar-refractivity contribution is -0.136. The summed E-state index contributed by atoms with van der Waals surface area (Å²) in [6, 6.07) is 2.59. The summed E-state index contributed by atoms with van der Waals surface area (Å²) in [5.41, 5.74) is -0.290. The van der Waals surface area contributed by atoms with Crippen LogP contribution in [0, 0.1) is 17.6 Å². The fourth-order valence-electron chi connectivity index (χ4n) is 2.05. The predicted molar refractivity (Wildman–Crippen MR) is 78.1 cm³/mol. The van der Waals surface area contributed by atoms with Crippen molar-refractivity contribution in [1.29, 1.82) is 0 Å². The van der Waals surface area contributed by atoms with Gasteiger partial charge in [-0.3, -0.25) is 9.59 Å². The summed E-state index contributed by atoms with van der Waals surface area (Å²) in [5, 5.41) is 14.2. The van der Waals surface area contributed by atoms with Gasteiger partial charge in [-0.15, -0.1) is 0 Å². The highest BCUT2D eigenvalue weighted by molar-refractivity contribution is 6.39. The van der Waals surface area contributed by atoms with Gasteiger partial charge in [0.2, 0.25) is 0 Å². The van der Waals surface area contributed by atoms with Gasteiger partial charge >= 0.3 is 11.8 Å². The molecule has 1 aromatic carbocycles. The molecule has 0 aliphatic carbocycles. The number of halogens is 2. The predicted octanol–water partition coefficient (Wildman–Crippen LogP) is 1.82. The van der Waals surface area contributed by atoms with E-state index in [0.717, 1.165) is 25.0 Å². The number of aliphatic hydroxyl groups excluding tert-OH is 1. The third kappa shape index (κ3) is 5.07. The first kappa shape index (κ1) is 18.0. The molecule has 3 N–H and O–H groups in total. The van der Waals surface area contributed by atoms with E-state index < -0.39 is 29.6 Å². The Balaban J connectivity index is 2.53. The van der Waals surface area contributed by atoms with Crippen LogP contribution >= 0.6 is 0 Å². The van der Waals surface area contributed by atoms with Gasteiger partial charge in [0.05, 0.1) is 11.8 Å². The summed E-state index contributed by atoms with van der Waals surface area (Å²) in [7, 11) is 0. The highest BCUT2D eigenvalue weighted by Crippen LogP contribution is 2.15. The first-order chi connectivity index (χ1) is 10.4. The van der Waals surface area contributed by atoms with E-state index in [1.165, 1.54) is 0 Å². The third-order valence-corrected chi connectivity index (χ3v) is 3.45. The Morgan fingerprint density at radius 1 is 1.18 bits per heavy atom. The summed E-state index contributed by atoms with van der Waals surface area (Å²) in [5.74, 6) is -3.81. The summed E-state index contributed by atoms with van der Waals surface area (Å²) >= 11 is 0. The van der Waals surface area contributed by atoms with E-state index in [9.17, 15) is 23.5 Å². The van der Waals surface area contributed by atoms with Gasteiger partial charge in [0.15, 0.2) is 0 Å². The molecule has 0 aliphatic heterocycles. The number of anilines is 1. The normalized spacial score (nSPS) is 12.1. The number of amides is 2. The number of carbonyl (C=O) groups is 2. The van der Waals surface area contributed by atoms with Crippen molar-refractivity contribution < 1.29 is 23.5 Å². The average molecular weight is 314 g/mol. The third-order valence-electron chi connectivity index (χ3n) is 3.45. The minimum atomic E-state index is -1.08. The van der Waals surface area contributed by atoms with Crippen LogP contribution in [0.5, 0.6) is 0 Å². The largest absolute Gasteiger partial charge is 0.391 e. The molecule has 0 aliphatic rings. The van der Waals surface area contributed by atoms with Crippen LogP contribution in [0.1, 0.15) is 26.7 Å². The number of benzene rings is 1. The van der Waals surface area contributed by atoms with Gasteiger partial charge < -0.3 is 15.7 Å². The van der Waals surface area contributed by atoms with Crippen molar-refractivity contribution in [2.24, 2.45) is 5.92 Å². The monoisotopic (exact) mass is 314 g/mol. The van der Waals surface area contributed by atoms with Gasteiger partial charge in [-0.05, 0) is 18.1 Å². The SMILES string of the molecule is CCC(CC)C(O)CNC(=O)C(=O)Nc1ccc(F)cc1F. The second-order valence-corrected chi connectivity index (χ2v) is 4.93. The summed E-state index contributed by atoms with van der Waals surface area (Å²) in [6.45, 7) is 3.77.